The molecule has 19 heavy (non-hydrogen) atoms. The second-order valence-corrected chi connectivity index (χ2v) is 4.39. The van der Waals surface area contributed by atoms with Crippen molar-refractivity contribution in [1.29, 1.82) is 0 Å². The van der Waals surface area contributed by atoms with E-state index < -0.39 is 0 Å². The predicted octanol–water partition coefficient (Wildman–Crippen LogP) is 1.98. The van der Waals surface area contributed by atoms with Gasteiger partial charge >= 0.3 is 0 Å². The molecule has 1 amide bonds. The molecule has 0 aliphatic carbocycles. The summed E-state index contributed by atoms with van der Waals surface area (Å²) in [5.41, 5.74) is 2.51. The van der Waals surface area contributed by atoms with Gasteiger partial charge in [-0.2, -0.15) is 0 Å². The quantitative estimate of drug-likeness (QED) is 0.884. The number of rotatable bonds is 3. The number of hydrogen-bond donors (Lipinski definition) is 2. The van der Waals surface area contributed by atoms with Gasteiger partial charge in [0.2, 0.25) is 6.79 Å². The summed E-state index contributed by atoms with van der Waals surface area (Å²) in [6, 6.07) is 7.42. The van der Waals surface area contributed by atoms with Crippen LogP contribution in [0, 0.1) is 6.92 Å². The second-order valence-electron chi connectivity index (χ2n) is 4.39. The number of aryl methyl sites for hydroxylation is 1. The van der Waals surface area contributed by atoms with Gasteiger partial charge in [-0.1, -0.05) is 6.07 Å². The standard InChI is InChI=1S/C14H14N2O3/c1-9-11(4-5-15-9)14(17)16-7-10-2-3-12-13(6-10)19-8-18-12/h2-6,15H,7-8H2,1H3,(H,16,17). The molecule has 0 saturated heterocycles. The number of carbonyl (C=O) groups is 1. The maximum atomic E-state index is 11.9. The predicted molar refractivity (Wildman–Crippen MR) is 69.3 cm³/mol. The first-order valence-electron chi connectivity index (χ1n) is 6.05. The lowest BCUT2D eigenvalue weighted by atomic mass is 10.2. The smallest absolute Gasteiger partial charge is 0.253 e. The van der Waals surface area contributed by atoms with Gasteiger partial charge in [0.25, 0.3) is 5.91 Å². The van der Waals surface area contributed by atoms with Crippen molar-refractivity contribution in [3.05, 3.63) is 47.3 Å². The van der Waals surface area contributed by atoms with E-state index in [0.29, 0.717) is 12.1 Å². The van der Waals surface area contributed by atoms with Crippen LogP contribution in [0.2, 0.25) is 0 Å². The van der Waals surface area contributed by atoms with Gasteiger partial charge < -0.3 is 19.8 Å². The monoisotopic (exact) mass is 258 g/mol. The maximum Gasteiger partial charge on any atom is 0.253 e. The van der Waals surface area contributed by atoms with Gasteiger partial charge in [-0.15, -0.1) is 0 Å². The number of aromatic nitrogens is 1. The molecule has 5 nitrogen and oxygen atoms in total. The highest BCUT2D eigenvalue weighted by Gasteiger charge is 2.14. The largest absolute Gasteiger partial charge is 0.454 e. The molecule has 1 aromatic carbocycles. The fourth-order valence-corrected chi connectivity index (χ4v) is 2.03. The van der Waals surface area contributed by atoms with Crippen molar-refractivity contribution >= 4 is 5.91 Å². The molecule has 0 spiro atoms. The normalized spacial score (nSPS) is 12.5. The minimum absolute atomic E-state index is 0.0867. The number of benzene rings is 1. The van der Waals surface area contributed by atoms with Crippen molar-refractivity contribution < 1.29 is 14.3 Å². The van der Waals surface area contributed by atoms with E-state index >= 15 is 0 Å². The average Bonchev–Trinajstić information content (AvgIpc) is 3.03. The molecule has 1 aliphatic heterocycles. The third kappa shape index (κ3) is 2.27. The molecule has 2 heterocycles. The molecule has 0 bridgehead atoms. The average molecular weight is 258 g/mol. The van der Waals surface area contributed by atoms with Crippen molar-refractivity contribution in [1.82, 2.24) is 10.3 Å². The van der Waals surface area contributed by atoms with Gasteiger partial charge in [-0.25, -0.2) is 0 Å². The van der Waals surface area contributed by atoms with Crippen LogP contribution in [0.5, 0.6) is 11.5 Å². The van der Waals surface area contributed by atoms with E-state index in [1.165, 1.54) is 0 Å². The van der Waals surface area contributed by atoms with E-state index in [1.54, 1.807) is 12.3 Å². The van der Waals surface area contributed by atoms with Crippen LogP contribution in [-0.4, -0.2) is 17.7 Å². The Morgan fingerprint density at radius 3 is 2.95 bits per heavy atom. The Labute approximate surface area is 110 Å². The number of hydrogen-bond acceptors (Lipinski definition) is 3. The van der Waals surface area contributed by atoms with Gasteiger partial charge in [0, 0.05) is 18.4 Å². The van der Waals surface area contributed by atoms with E-state index in [9.17, 15) is 4.79 Å². The Bertz CT molecular complexity index is 619. The Hall–Kier alpha value is -2.43. The Morgan fingerprint density at radius 2 is 2.16 bits per heavy atom. The fourth-order valence-electron chi connectivity index (χ4n) is 2.03. The van der Waals surface area contributed by atoms with Crippen LogP contribution in [0.25, 0.3) is 0 Å². The zero-order chi connectivity index (χ0) is 13.2. The zero-order valence-electron chi connectivity index (χ0n) is 10.5. The number of aromatic amines is 1. The van der Waals surface area contributed by atoms with E-state index in [1.807, 2.05) is 25.1 Å². The number of carbonyl (C=O) groups excluding carboxylic acids is 1. The van der Waals surface area contributed by atoms with E-state index in [2.05, 4.69) is 10.3 Å². The Morgan fingerprint density at radius 1 is 1.32 bits per heavy atom. The van der Waals surface area contributed by atoms with E-state index in [0.717, 1.165) is 22.8 Å². The summed E-state index contributed by atoms with van der Waals surface area (Å²) in [5, 5.41) is 2.88. The van der Waals surface area contributed by atoms with Gasteiger partial charge in [0.05, 0.1) is 5.56 Å². The summed E-state index contributed by atoms with van der Waals surface area (Å²) in [7, 11) is 0. The van der Waals surface area contributed by atoms with Crippen molar-refractivity contribution in [3.63, 3.8) is 0 Å². The van der Waals surface area contributed by atoms with Crippen LogP contribution in [0.3, 0.4) is 0 Å². The summed E-state index contributed by atoms with van der Waals surface area (Å²) in [6.07, 6.45) is 1.75. The molecule has 5 heteroatoms. The van der Waals surface area contributed by atoms with Crippen LogP contribution in [-0.2, 0) is 6.54 Å². The van der Waals surface area contributed by atoms with Gasteiger partial charge in [0.15, 0.2) is 11.5 Å². The highest BCUT2D eigenvalue weighted by atomic mass is 16.7. The summed E-state index contributed by atoms with van der Waals surface area (Å²) in [5.74, 6) is 1.39. The molecule has 2 aromatic rings. The van der Waals surface area contributed by atoms with E-state index in [4.69, 9.17) is 9.47 Å². The molecular formula is C14H14N2O3. The molecule has 1 aromatic heterocycles. The highest BCUT2D eigenvalue weighted by molar-refractivity contribution is 5.95. The minimum atomic E-state index is -0.0867. The number of ether oxygens (including phenoxy) is 2. The van der Waals surface area contributed by atoms with Crippen LogP contribution in [0.15, 0.2) is 30.5 Å². The Balaban J connectivity index is 1.66. The van der Waals surface area contributed by atoms with Gasteiger partial charge in [0.1, 0.15) is 0 Å². The Kier molecular flexibility index (Phi) is 2.87. The summed E-state index contributed by atoms with van der Waals surface area (Å²) in [6.45, 7) is 2.59. The summed E-state index contributed by atoms with van der Waals surface area (Å²) >= 11 is 0. The lowest BCUT2D eigenvalue weighted by Crippen LogP contribution is -2.23. The first-order chi connectivity index (χ1) is 9.24. The molecule has 3 rings (SSSR count). The van der Waals surface area contributed by atoms with Crippen LogP contribution in [0.1, 0.15) is 21.6 Å². The van der Waals surface area contributed by atoms with Crippen molar-refractivity contribution in [3.8, 4) is 11.5 Å². The third-order valence-electron chi connectivity index (χ3n) is 3.09. The van der Waals surface area contributed by atoms with Crippen LogP contribution in [0.4, 0.5) is 0 Å². The summed E-state index contributed by atoms with van der Waals surface area (Å²) < 4.78 is 10.5. The van der Waals surface area contributed by atoms with Crippen LogP contribution >= 0.6 is 0 Å². The van der Waals surface area contributed by atoms with Crippen molar-refractivity contribution in [2.45, 2.75) is 13.5 Å². The molecule has 0 fully saturated rings. The SMILES string of the molecule is Cc1[nH]ccc1C(=O)NCc1ccc2c(c1)OCO2. The highest BCUT2D eigenvalue weighted by Crippen LogP contribution is 2.32. The minimum Gasteiger partial charge on any atom is -0.454 e. The fraction of sp³-hybridized carbons (Fsp3) is 0.214. The third-order valence-corrected chi connectivity index (χ3v) is 3.09. The molecule has 2 N–H and O–H groups in total. The van der Waals surface area contributed by atoms with E-state index in [-0.39, 0.29) is 12.7 Å². The molecule has 0 radical (unpaired) electrons. The molecule has 1 aliphatic rings. The zero-order valence-corrected chi connectivity index (χ0v) is 10.5. The lowest BCUT2D eigenvalue weighted by Gasteiger charge is -2.06. The van der Waals surface area contributed by atoms with Crippen LogP contribution < -0.4 is 14.8 Å². The number of nitrogens with one attached hydrogen (secondary N) is 2. The number of H-pyrrole nitrogens is 1. The summed E-state index contributed by atoms with van der Waals surface area (Å²) in [4.78, 5) is 14.9. The second kappa shape index (κ2) is 4.68. The van der Waals surface area contributed by atoms with Crippen molar-refractivity contribution in [2.75, 3.05) is 6.79 Å². The molecule has 0 saturated carbocycles. The molecule has 0 atom stereocenters. The van der Waals surface area contributed by atoms with Gasteiger partial charge in [-0.05, 0) is 30.7 Å². The van der Waals surface area contributed by atoms with Crippen molar-refractivity contribution in [2.24, 2.45) is 0 Å². The first-order valence-corrected chi connectivity index (χ1v) is 6.05. The topological polar surface area (TPSA) is 63.4 Å². The molecular weight excluding hydrogens is 244 g/mol. The van der Waals surface area contributed by atoms with Gasteiger partial charge in [-0.3, -0.25) is 4.79 Å². The molecule has 0 unspecified atom stereocenters. The number of amides is 1. The maximum absolute atomic E-state index is 11.9. The molecule has 98 valence electrons. The lowest BCUT2D eigenvalue weighted by molar-refractivity contribution is 0.0950. The number of fused-ring (bicyclic) bond motifs is 1. The first kappa shape index (κ1) is 11.6.